The first-order valence-corrected chi connectivity index (χ1v) is 5.59. The molecular weight excluding hydrogens is 208 g/mol. The van der Waals surface area contributed by atoms with E-state index in [1.165, 1.54) is 4.68 Å². The molecule has 1 N–H and O–H groups in total. The van der Waals surface area contributed by atoms with Crippen molar-refractivity contribution >= 4 is 5.91 Å². The highest BCUT2D eigenvalue weighted by Crippen LogP contribution is 2.09. The maximum atomic E-state index is 11.9. The van der Waals surface area contributed by atoms with E-state index in [0.29, 0.717) is 0 Å². The lowest BCUT2D eigenvalue weighted by molar-refractivity contribution is -0.121. The minimum atomic E-state index is -0.199. The Morgan fingerprint density at radius 1 is 1.44 bits per heavy atom. The summed E-state index contributed by atoms with van der Waals surface area (Å²) in [6.07, 6.45) is 4.04. The van der Waals surface area contributed by atoms with E-state index in [-0.39, 0.29) is 18.1 Å². The van der Waals surface area contributed by atoms with Crippen molar-refractivity contribution in [3.05, 3.63) is 16.3 Å². The summed E-state index contributed by atoms with van der Waals surface area (Å²) in [5.41, 5.74) is -0.166. The second-order valence-electron chi connectivity index (χ2n) is 3.99. The Bertz CT molecular complexity index is 446. The number of carbonyl (C=O) groups excluding carboxylic acids is 1. The maximum Gasteiger partial charge on any atom is 0.346 e. The summed E-state index contributed by atoms with van der Waals surface area (Å²) in [7, 11) is 1.55. The van der Waals surface area contributed by atoms with Crippen molar-refractivity contribution < 1.29 is 4.79 Å². The van der Waals surface area contributed by atoms with Crippen LogP contribution >= 0.6 is 0 Å². The van der Waals surface area contributed by atoms with Gasteiger partial charge in [0.15, 0.2) is 0 Å². The van der Waals surface area contributed by atoms with E-state index in [2.05, 4.69) is 10.4 Å². The molecule has 1 aromatic rings. The van der Waals surface area contributed by atoms with Gasteiger partial charge in [0.05, 0.1) is 0 Å². The summed E-state index contributed by atoms with van der Waals surface area (Å²) in [4.78, 5) is 23.1. The van der Waals surface area contributed by atoms with Crippen LogP contribution in [0, 0.1) is 0 Å². The Labute approximate surface area is 93.3 Å². The fraction of sp³-hybridized carbons (Fsp3) is 0.700. The largest absolute Gasteiger partial charge is 0.358 e. The van der Waals surface area contributed by atoms with E-state index in [9.17, 15) is 9.59 Å². The first kappa shape index (κ1) is 10.9. The predicted octanol–water partition coefficient (Wildman–Crippen LogP) is -0.483. The van der Waals surface area contributed by atoms with Gasteiger partial charge in [0, 0.05) is 20.0 Å². The molecule has 0 unspecified atom stereocenters. The quantitative estimate of drug-likeness (QED) is 0.737. The molecule has 2 heterocycles. The number of rotatable bonds is 2. The highest BCUT2D eigenvalue weighted by Gasteiger charge is 2.16. The number of aryl methyl sites for hydroxylation is 1. The molecule has 0 bridgehead atoms. The summed E-state index contributed by atoms with van der Waals surface area (Å²) < 4.78 is 2.94. The minimum Gasteiger partial charge on any atom is -0.358 e. The molecule has 0 fully saturated rings. The molecular formula is C10H16N4O2. The van der Waals surface area contributed by atoms with Crippen LogP contribution in [0.2, 0.25) is 0 Å². The van der Waals surface area contributed by atoms with E-state index >= 15 is 0 Å². The molecule has 2 rings (SSSR count). The molecule has 0 aliphatic carbocycles. The fourth-order valence-corrected chi connectivity index (χ4v) is 1.94. The van der Waals surface area contributed by atoms with Gasteiger partial charge in [-0.2, -0.15) is 5.10 Å². The zero-order chi connectivity index (χ0) is 11.5. The zero-order valence-electron chi connectivity index (χ0n) is 9.40. The number of fused-ring (bicyclic) bond motifs is 1. The zero-order valence-corrected chi connectivity index (χ0v) is 9.40. The van der Waals surface area contributed by atoms with Crippen LogP contribution < -0.4 is 11.0 Å². The van der Waals surface area contributed by atoms with E-state index in [0.717, 1.165) is 38.1 Å². The Kier molecular flexibility index (Phi) is 3.07. The number of likely N-dealkylation sites (N-methyl/N-ethyl adjacent to an activating group) is 1. The molecule has 0 spiro atoms. The second-order valence-corrected chi connectivity index (χ2v) is 3.99. The average molecular weight is 224 g/mol. The van der Waals surface area contributed by atoms with Crippen LogP contribution in [-0.2, 0) is 24.3 Å². The van der Waals surface area contributed by atoms with Gasteiger partial charge in [-0.05, 0) is 12.8 Å². The average Bonchev–Trinajstić information content (AvgIpc) is 2.48. The monoisotopic (exact) mass is 224 g/mol. The molecule has 88 valence electrons. The van der Waals surface area contributed by atoms with Crippen molar-refractivity contribution in [2.45, 2.75) is 38.8 Å². The minimum absolute atomic E-state index is 0.00926. The Hall–Kier alpha value is -1.59. The van der Waals surface area contributed by atoms with Crippen molar-refractivity contribution in [3.63, 3.8) is 0 Å². The van der Waals surface area contributed by atoms with Crippen LogP contribution in [0.5, 0.6) is 0 Å². The van der Waals surface area contributed by atoms with Crippen molar-refractivity contribution in [2.75, 3.05) is 7.05 Å². The molecule has 1 aromatic heterocycles. The molecule has 6 nitrogen and oxygen atoms in total. The standard InChI is InChI=1S/C10H16N4O2/c1-11-9(15)7-14-10(16)13-6-4-2-3-5-8(13)12-14/h2-7H2,1H3,(H,11,15). The first-order chi connectivity index (χ1) is 7.72. The molecule has 0 saturated heterocycles. The highest BCUT2D eigenvalue weighted by molar-refractivity contribution is 5.75. The van der Waals surface area contributed by atoms with E-state index in [1.807, 2.05) is 0 Å². The Balaban J connectivity index is 2.28. The lowest BCUT2D eigenvalue weighted by atomic mass is 10.2. The molecule has 1 aliphatic heterocycles. The SMILES string of the molecule is CNC(=O)Cn1nc2n(c1=O)CCCCC2. The van der Waals surface area contributed by atoms with Crippen molar-refractivity contribution in [3.8, 4) is 0 Å². The lowest BCUT2D eigenvalue weighted by Gasteiger charge is -1.98. The first-order valence-electron chi connectivity index (χ1n) is 5.59. The molecule has 0 atom stereocenters. The predicted molar refractivity (Wildman–Crippen MR) is 58.1 cm³/mol. The third-order valence-corrected chi connectivity index (χ3v) is 2.85. The molecule has 0 radical (unpaired) electrons. The third-order valence-electron chi connectivity index (χ3n) is 2.85. The molecule has 16 heavy (non-hydrogen) atoms. The van der Waals surface area contributed by atoms with Gasteiger partial charge < -0.3 is 5.32 Å². The highest BCUT2D eigenvalue weighted by atomic mass is 16.2. The molecule has 0 saturated carbocycles. The molecule has 1 aliphatic rings. The third kappa shape index (κ3) is 2.00. The van der Waals surface area contributed by atoms with Gasteiger partial charge in [-0.25, -0.2) is 9.48 Å². The van der Waals surface area contributed by atoms with Crippen LogP contribution in [0.15, 0.2) is 4.79 Å². The van der Waals surface area contributed by atoms with Gasteiger partial charge in [-0.15, -0.1) is 0 Å². The Morgan fingerprint density at radius 3 is 3.00 bits per heavy atom. The van der Waals surface area contributed by atoms with Gasteiger partial charge in [0.2, 0.25) is 5.91 Å². The van der Waals surface area contributed by atoms with Gasteiger partial charge in [-0.1, -0.05) is 6.42 Å². The number of nitrogens with zero attached hydrogens (tertiary/aromatic N) is 3. The Morgan fingerprint density at radius 2 is 2.25 bits per heavy atom. The molecule has 0 aromatic carbocycles. The van der Waals surface area contributed by atoms with Gasteiger partial charge in [0.1, 0.15) is 12.4 Å². The van der Waals surface area contributed by atoms with Crippen LogP contribution in [0.3, 0.4) is 0 Å². The van der Waals surface area contributed by atoms with Gasteiger partial charge >= 0.3 is 5.69 Å². The van der Waals surface area contributed by atoms with E-state index in [4.69, 9.17) is 0 Å². The van der Waals surface area contributed by atoms with Crippen LogP contribution in [0.25, 0.3) is 0 Å². The van der Waals surface area contributed by atoms with E-state index < -0.39 is 0 Å². The normalized spacial score (nSPS) is 15.3. The number of carbonyl (C=O) groups is 1. The smallest absolute Gasteiger partial charge is 0.346 e. The topological polar surface area (TPSA) is 68.9 Å². The van der Waals surface area contributed by atoms with Crippen LogP contribution in [0.1, 0.15) is 25.1 Å². The van der Waals surface area contributed by atoms with Crippen molar-refractivity contribution in [1.29, 1.82) is 0 Å². The number of hydrogen-bond donors (Lipinski definition) is 1. The summed E-state index contributed by atoms with van der Waals surface area (Å²) >= 11 is 0. The molecule has 1 amide bonds. The summed E-state index contributed by atoms with van der Waals surface area (Å²) in [5.74, 6) is 0.613. The van der Waals surface area contributed by atoms with Gasteiger partial charge in [0.25, 0.3) is 0 Å². The second kappa shape index (κ2) is 4.51. The van der Waals surface area contributed by atoms with E-state index in [1.54, 1.807) is 11.6 Å². The summed E-state index contributed by atoms with van der Waals surface area (Å²) in [6.45, 7) is 0.733. The summed E-state index contributed by atoms with van der Waals surface area (Å²) in [5, 5.41) is 6.69. The fourth-order valence-electron chi connectivity index (χ4n) is 1.94. The van der Waals surface area contributed by atoms with Crippen LogP contribution in [0.4, 0.5) is 0 Å². The van der Waals surface area contributed by atoms with Crippen molar-refractivity contribution in [1.82, 2.24) is 19.7 Å². The summed E-state index contributed by atoms with van der Waals surface area (Å²) in [6, 6.07) is 0. The van der Waals surface area contributed by atoms with Gasteiger partial charge in [-0.3, -0.25) is 9.36 Å². The number of aromatic nitrogens is 3. The van der Waals surface area contributed by atoms with Crippen LogP contribution in [-0.4, -0.2) is 27.3 Å². The number of nitrogens with one attached hydrogen (secondary N) is 1. The van der Waals surface area contributed by atoms with Crippen molar-refractivity contribution in [2.24, 2.45) is 0 Å². The number of hydrogen-bond acceptors (Lipinski definition) is 3. The maximum absolute atomic E-state index is 11.9. The lowest BCUT2D eigenvalue weighted by Crippen LogP contribution is -2.32. The number of amides is 1. The molecule has 6 heteroatoms.